The molecule has 2 aromatic rings. The van der Waals surface area contributed by atoms with Gasteiger partial charge in [-0.3, -0.25) is 25.8 Å². The fourth-order valence-electron chi connectivity index (χ4n) is 2.09. The van der Waals surface area contributed by atoms with E-state index in [-0.39, 0.29) is 11.0 Å². The Morgan fingerprint density at radius 2 is 1.81 bits per heavy atom. The van der Waals surface area contributed by atoms with Crippen LogP contribution in [0.15, 0.2) is 46.9 Å². The zero-order valence-corrected chi connectivity index (χ0v) is 16.7. The summed E-state index contributed by atoms with van der Waals surface area (Å²) < 4.78 is 6.07. The van der Waals surface area contributed by atoms with Gasteiger partial charge in [0.25, 0.3) is 11.8 Å². The highest BCUT2D eigenvalue weighted by Crippen LogP contribution is 2.25. The maximum absolute atomic E-state index is 12.2. The highest BCUT2D eigenvalue weighted by Gasteiger charge is 2.12. The lowest BCUT2D eigenvalue weighted by atomic mass is 10.1. The molecule has 2 aromatic carbocycles. The minimum atomic E-state index is -0.406. The maximum Gasteiger partial charge on any atom is 0.269 e. The van der Waals surface area contributed by atoms with Crippen LogP contribution in [0.2, 0.25) is 0 Å². The number of halogens is 1. The molecule has 0 aliphatic carbocycles. The standard InChI is InChI=1S/C18H18BrN3O3S/c1-3-25-15-8-7-13(10-14(15)19)16(23)20-18(26)22-21-17(24)12-6-4-5-11(2)9-12/h4-10H,3H2,1-2H3,(H,21,24)(H2,20,22,23,26). The first-order chi connectivity index (χ1) is 12.4. The molecule has 6 nitrogen and oxygen atoms in total. The van der Waals surface area contributed by atoms with E-state index in [1.165, 1.54) is 0 Å². The highest BCUT2D eigenvalue weighted by molar-refractivity contribution is 9.10. The van der Waals surface area contributed by atoms with Crippen molar-refractivity contribution in [1.82, 2.24) is 16.2 Å². The monoisotopic (exact) mass is 435 g/mol. The van der Waals surface area contributed by atoms with Gasteiger partial charge in [0.1, 0.15) is 5.75 Å². The Hall–Kier alpha value is -2.45. The van der Waals surface area contributed by atoms with Crippen molar-refractivity contribution in [2.75, 3.05) is 6.61 Å². The lowest BCUT2D eigenvalue weighted by molar-refractivity contribution is 0.0934. The smallest absolute Gasteiger partial charge is 0.269 e. The van der Waals surface area contributed by atoms with Gasteiger partial charge >= 0.3 is 0 Å². The minimum absolute atomic E-state index is 0.0130. The van der Waals surface area contributed by atoms with E-state index < -0.39 is 5.91 Å². The van der Waals surface area contributed by atoms with Crippen molar-refractivity contribution >= 4 is 45.1 Å². The summed E-state index contributed by atoms with van der Waals surface area (Å²) in [5.74, 6) is -0.111. The van der Waals surface area contributed by atoms with Crippen LogP contribution in [-0.2, 0) is 0 Å². The van der Waals surface area contributed by atoms with Crippen LogP contribution in [0, 0.1) is 6.92 Å². The second-order valence-electron chi connectivity index (χ2n) is 5.31. The van der Waals surface area contributed by atoms with Gasteiger partial charge in [0, 0.05) is 11.1 Å². The summed E-state index contributed by atoms with van der Waals surface area (Å²) in [5.41, 5.74) is 6.81. The Kier molecular flexibility index (Phi) is 7.11. The molecule has 0 spiro atoms. The van der Waals surface area contributed by atoms with Gasteiger partial charge < -0.3 is 4.74 Å². The normalized spacial score (nSPS) is 9.96. The van der Waals surface area contributed by atoms with E-state index in [0.717, 1.165) is 5.56 Å². The van der Waals surface area contributed by atoms with Gasteiger partial charge in [-0.2, -0.15) is 0 Å². The molecule has 0 aliphatic rings. The van der Waals surface area contributed by atoms with E-state index >= 15 is 0 Å². The first-order valence-corrected chi connectivity index (χ1v) is 9.01. The number of aryl methyl sites for hydroxylation is 1. The van der Waals surface area contributed by atoms with E-state index in [0.29, 0.717) is 28.0 Å². The average molecular weight is 436 g/mol. The minimum Gasteiger partial charge on any atom is -0.493 e. The molecule has 0 atom stereocenters. The molecule has 0 bridgehead atoms. The number of benzene rings is 2. The summed E-state index contributed by atoms with van der Waals surface area (Å²) in [6.45, 7) is 4.30. The van der Waals surface area contributed by atoms with Crippen LogP contribution in [0.4, 0.5) is 0 Å². The van der Waals surface area contributed by atoms with E-state index in [1.807, 2.05) is 19.9 Å². The van der Waals surface area contributed by atoms with Crippen LogP contribution in [0.5, 0.6) is 5.75 Å². The predicted octanol–water partition coefficient (Wildman–Crippen LogP) is 3.11. The van der Waals surface area contributed by atoms with E-state index in [4.69, 9.17) is 17.0 Å². The summed E-state index contributed by atoms with van der Waals surface area (Å²) in [5, 5.41) is 2.49. The molecule has 8 heteroatoms. The Morgan fingerprint density at radius 1 is 1.08 bits per heavy atom. The number of ether oxygens (including phenoxy) is 1. The number of carbonyl (C=O) groups excluding carboxylic acids is 2. The second-order valence-corrected chi connectivity index (χ2v) is 6.57. The van der Waals surface area contributed by atoms with Crippen LogP contribution in [-0.4, -0.2) is 23.5 Å². The van der Waals surface area contributed by atoms with Crippen molar-refractivity contribution in [3.05, 3.63) is 63.6 Å². The van der Waals surface area contributed by atoms with Crippen molar-refractivity contribution < 1.29 is 14.3 Å². The van der Waals surface area contributed by atoms with Crippen molar-refractivity contribution in [3.63, 3.8) is 0 Å². The van der Waals surface area contributed by atoms with Crippen molar-refractivity contribution in [1.29, 1.82) is 0 Å². The molecule has 26 heavy (non-hydrogen) atoms. The number of hydrogen-bond donors (Lipinski definition) is 3. The zero-order valence-electron chi connectivity index (χ0n) is 14.3. The SMILES string of the molecule is CCOc1ccc(C(=O)NC(=S)NNC(=O)c2cccc(C)c2)cc1Br. The average Bonchev–Trinajstić information content (AvgIpc) is 2.61. The number of hydrazine groups is 1. The fourth-order valence-corrected chi connectivity index (χ4v) is 2.73. The van der Waals surface area contributed by atoms with Crippen molar-refractivity contribution in [2.24, 2.45) is 0 Å². The molecule has 0 fully saturated rings. The summed E-state index contributed by atoms with van der Waals surface area (Å²) in [6.07, 6.45) is 0. The third kappa shape index (κ3) is 5.53. The first kappa shape index (κ1) is 19.9. The van der Waals surface area contributed by atoms with Crippen LogP contribution in [0.3, 0.4) is 0 Å². The molecule has 0 unspecified atom stereocenters. The molecule has 0 aliphatic heterocycles. The molecule has 0 heterocycles. The van der Waals surface area contributed by atoms with Crippen molar-refractivity contribution in [2.45, 2.75) is 13.8 Å². The van der Waals surface area contributed by atoms with Crippen LogP contribution in [0.25, 0.3) is 0 Å². The van der Waals surface area contributed by atoms with E-state index in [9.17, 15) is 9.59 Å². The Labute approximate surface area is 165 Å². The number of rotatable bonds is 4. The van der Waals surface area contributed by atoms with Crippen LogP contribution < -0.4 is 20.9 Å². The molecule has 2 rings (SSSR count). The maximum atomic E-state index is 12.2. The quantitative estimate of drug-likeness (QED) is 0.507. The summed E-state index contributed by atoms with van der Waals surface area (Å²) in [7, 11) is 0. The molecule has 0 saturated carbocycles. The van der Waals surface area contributed by atoms with E-state index in [1.54, 1.807) is 36.4 Å². The lowest BCUT2D eigenvalue weighted by Gasteiger charge is -2.12. The lowest BCUT2D eigenvalue weighted by Crippen LogP contribution is -2.48. The molecule has 0 radical (unpaired) electrons. The van der Waals surface area contributed by atoms with Crippen molar-refractivity contribution in [3.8, 4) is 5.75 Å². The van der Waals surface area contributed by atoms with Gasteiger partial charge in [-0.05, 0) is 72.3 Å². The molecule has 2 amide bonds. The van der Waals surface area contributed by atoms with Gasteiger partial charge in [-0.15, -0.1) is 0 Å². The summed E-state index contributed by atoms with van der Waals surface area (Å²) in [6, 6.07) is 12.1. The topological polar surface area (TPSA) is 79.5 Å². The van der Waals surface area contributed by atoms with Gasteiger partial charge in [-0.1, -0.05) is 17.7 Å². The molecule has 3 N–H and O–H groups in total. The highest BCUT2D eigenvalue weighted by atomic mass is 79.9. The Balaban J connectivity index is 1.90. The molecular formula is C18H18BrN3O3S. The Bertz CT molecular complexity index is 842. The van der Waals surface area contributed by atoms with Gasteiger partial charge in [0.15, 0.2) is 5.11 Å². The van der Waals surface area contributed by atoms with E-state index in [2.05, 4.69) is 32.1 Å². The molecular weight excluding hydrogens is 418 g/mol. The number of thiocarbonyl (C=S) groups is 1. The third-order valence-corrected chi connectivity index (χ3v) is 4.11. The Morgan fingerprint density at radius 3 is 2.46 bits per heavy atom. The first-order valence-electron chi connectivity index (χ1n) is 7.81. The van der Waals surface area contributed by atoms with Gasteiger partial charge in [-0.25, -0.2) is 0 Å². The number of amides is 2. The van der Waals surface area contributed by atoms with Gasteiger partial charge in [0.2, 0.25) is 0 Å². The molecule has 136 valence electrons. The summed E-state index contributed by atoms with van der Waals surface area (Å²) in [4.78, 5) is 24.3. The molecule has 0 saturated heterocycles. The largest absolute Gasteiger partial charge is 0.493 e. The number of hydrogen-bond acceptors (Lipinski definition) is 4. The zero-order chi connectivity index (χ0) is 19.1. The second kappa shape index (κ2) is 9.30. The summed E-state index contributed by atoms with van der Waals surface area (Å²) >= 11 is 8.38. The third-order valence-electron chi connectivity index (χ3n) is 3.29. The van der Waals surface area contributed by atoms with Crippen LogP contribution in [0.1, 0.15) is 33.2 Å². The fraction of sp³-hybridized carbons (Fsp3) is 0.167. The predicted molar refractivity (Wildman–Crippen MR) is 107 cm³/mol. The van der Waals surface area contributed by atoms with Gasteiger partial charge in [0.05, 0.1) is 11.1 Å². The number of carbonyl (C=O) groups is 2. The molecule has 0 aromatic heterocycles. The van der Waals surface area contributed by atoms with Crippen LogP contribution >= 0.6 is 28.1 Å². The number of nitrogens with one attached hydrogen (secondary N) is 3.